The van der Waals surface area contributed by atoms with Gasteiger partial charge in [-0.3, -0.25) is 0 Å². The highest BCUT2D eigenvalue weighted by atomic mass is 79.9. The van der Waals surface area contributed by atoms with Gasteiger partial charge in [0, 0.05) is 22.1 Å². The highest BCUT2D eigenvalue weighted by Gasteiger charge is 2.09. The Morgan fingerprint density at radius 3 is 2.94 bits per heavy atom. The monoisotopic (exact) mass is 296 g/mol. The van der Waals surface area contributed by atoms with E-state index in [0.29, 0.717) is 12.4 Å². The summed E-state index contributed by atoms with van der Waals surface area (Å²) in [6.07, 6.45) is 1.59. The maximum atomic E-state index is 5.90. The molecule has 0 amide bonds. The Labute approximate surface area is 108 Å². The first-order valence-corrected chi connectivity index (χ1v) is 6.03. The van der Waals surface area contributed by atoms with Crippen molar-refractivity contribution in [2.75, 3.05) is 0 Å². The van der Waals surface area contributed by atoms with E-state index in [1.165, 1.54) is 0 Å². The summed E-state index contributed by atoms with van der Waals surface area (Å²) in [7, 11) is 0. The number of nitrogens with two attached hydrogens (primary N) is 1. The maximum absolute atomic E-state index is 5.90. The Balaban J connectivity index is 2.14. The molecule has 0 aliphatic heterocycles. The van der Waals surface area contributed by atoms with Crippen LogP contribution in [0.2, 0.25) is 0 Å². The SMILES string of the molecule is C[C@H](N)c1cc(Br)ccc1OCc1ccno1. The normalized spacial score (nSPS) is 12.4. The second-order valence-corrected chi connectivity index (χ2v) is 4.65. The Bertz CT molecular complexity index is 483. The Kier molecular flexibility index (Phi) is 3.81. The van der Waals surface area contributed by atoms with Gasteiger partial charge in [0.05, 0.1) is 6.20 Å². The van der Waals surface area contributed by atoms with Crippen LogP contribution in [0.1, 0.15) is 24.3 Å². The molecule has 0 saturated carbocycles. The summed E-state index contributed by atoms with van der Waals surface area (Å²) < 4.78 is 11.6. The van der Waals surface area contributed by atoms with Crippen LogP contribution in [-0.4, -0.2) is 5.16 Å². The molecule has 0 spiro atoms. The van der Waals surface area contributed by atoms with Crippen molar-refractivity contribution in [2.45, 2.75) is 19.6 Å². The van der Waals surface area contributed by atoms with Gasteiger partial charge < -0.3 is 15.0 Å². The smallest absolute Gasteiger partial charge is 0.174 e. The highest BCUT2D eigenvalue weighted by Crippen LogP contribution is 2.28. The zero-order chi connectivity index (χ0) is 12.3. The van der Waals surface area contributed by atoms with E-state index in [0.717, 1.165) is 15.8 Å². The molecule has 0 bridgehead atoms. The van der Waals surface area contributed by atoms with E-state index >= 15 is 0 Å². The third-order valence-corrected chi connectivity index (χ3v) is 2.82. The predicted molar refractivity (Wildman–Crippen MR) is 67.6 cm³/mol. The molecule has 2 N–H and O–H groups in total. The largest absolute Gasteiger partial charge is 0.485 e. The first kappa shape index (κ1) is 12.1. The molecule has 0 aliphatic rings. The second kappa shape index (κ2) is 5.33. The maximum Gasteiger partial charge on any atom is 0.174 e. The first-order valence-electron chi connectivity index (χ1n) is 5.24. The summed E-state index contributed by atoms with van der Waals surface area (Å²) in [5.74, 6) is 1.45. The molecule has 4 nitrogen and oxygen atoms in total. The van der Waals surface area contributed by atoms with Gasteiger partial charge in [0.25, 0.3) is 0 Å². The van der Waals surface area contributed by atoms with Crippen molar-refractivity contribution in [1.82, 2.24) is 5.16 Å². The van der Waals surface area contributed by atoms with E-state index in [4.69, 9.17) is 15.0 Å². The quantitative estimate of drug-likeness (QED) is 0.942. The lowest BCUT2D eigenvalue weighted by Gasteiger charge is -2.13. The number of benzene rings is 1. The van der Waals surface area contributed by atoms with Crippen LogP contribution in [0.5, 0.6) is 5.75 Å². The number of ether oxygens (including phenoxy) is 1. The lowest BCUT2D eigenvalue weighted by Crippen LogP contribution is -2.08. The second-order valence-electron chi connectivity index (χ2n) is 3.74. The minimum atomic E-state index is -0.0859. The van der Waals surface area contributed by atoms with E-state index in [1.807, 2.05) is 25.1 Å². The van der Waals surface area contributed by atoms with Crippen molar-refractivity contribution in [1.29, 1.82) is 0 Å². The number of nitrogens with zero attached hydrogens (tertiary/aromatic N) is 1. The number of aromatic nitrogens is 1. The molecule has 5 heteroatoms. The third kappa shape index (κ3) is 3.08. The zero-order valence-corrected chi connectivity index (χ0v) is 11.0. The molecule has 0 saturated heterocycles. The van der Waals surface area contributed by atoms with E-state index in [1.54, 1.807) is 12.3 Å². The van der Waals surface area contributed by atoms with Gasteiger partial charge in [-0.1, -0.05) is 21.1 Å². The van der Waals surface area contributed by atoms with Crippen molar-refractivity contribution in [3.63, 3.8) is 0 Å². The van der Waals surface area contributed by atoms with Crippen LogP contribution >= 0.6 is 15.9 Å². The van der Waals surface area contributed by atoms with Crippen LogP contribution in [0, 0.1) is 0 Å². The van der Waals surface area contributed by atoms with Crippen molar-refractivity contribution in [2.24, 2.45) is 5.73 Å². The third-order valence-electron chi connectivity index (χ3n) is 2.32. The fraction of sp³-hybridized carbons (Fsp3) is 0.250. The Morgan fingerprint density at radius 1 is 1.47 bits per heavy atom. The molecule has 0 radical (unpaired) electrons. The molecule has 1 aromatic carbocycles. The first-order chi connectivity index (χ1) is 8.16. The lowest BCUT2D eigenvalue weighted by atomic mass is 10.1. The standard InChI is InChI=1S/C12H13BrN2O2/c1-8(14)11-6-9(13)2-3-12(11)16-7-10-4-5-15-17-10/h2-6,8H,7,14H2,1H3/t8-/m0/s1. The average Bonchev–Trinajstić information content (AvgIpc) is 2.80. The molecule has 1 heterocycles. The summed E-state index contributed by atoms with van der Waals surface area (Å²) >= 11 is 3.41. The molecular formula is C12H13BrN2O2. The molecule has 0 fully saturated rings. The van der Waals surface area contributed by atoms with Gasteiger partial charge in [-0.25, -0.2) is 0 Å². The minimum Gasteiger partial charge on any atom is -0.485 e. The van der Waals surface area contributed by atoms with Gasteiger partial charge in [-0.05, 0) is 25.1 Å². The lowest BCUT2D eigenvalue weighted by molar-refractivity contribution is 0.246. The van der Waals surface area contributed by atoms with Crippen LogP contribution in [-0.2, 0) is 6.61 Å². The van der Waals surface area contributed by atoms with Crippen molar-refractivity contribution < 1.29 is 9.26 Å². The van der Waals surface area contributed by atoms with Crippen LogP contribution in [0.4, 0.5) is 0 Å². The fourth-order valence-electron chi connectivity index (χ4n) is 1.47. The van der Waals surface area contributed by atoms with Crippen molar-refractivity contribution >= 4 is 15.9 Å². The number of halogens is 1. The van der Waals surface area contributed by atoms with Gasteiger partial charge in [0.15, 0.2) is 5.76 Å². The molecule has 0 unspecified atom stereocenters. The molecule has 90 valence electrons. The molecular weight excluding hydrogens is 284 g/mol. The van der Waals surface area contributed by atoms with E-state index < -0.39 is 0 Å². The van der Waals surface area contributed by atoms with Gasteiger partial charge in [0.2, 0.25) is 0 Å². The van der Waals surface area contributed by atoms with E-state index in [9.17, 15) is 0 Å². The minimum absolute atomic E-state index is 0.0859. The van der Waals surface area contributed by atoms with Crippen LogP contribution in [0.3, 0.4) is 0 Å². The average molecular weight is 297 g/mol. The molecule has 17 heavy (non-hydrogen) atoms. The predicted octanol–water partition coefficient (Wildman–Crippen LogP) is 3.04. The van der Waals surface area contributed by atoms with Gasteiger partial charge in [-0.2, -0.15) is 0 Å². The number of rotatable bonds is 4. The highest BCUT2D eigenvalue weighted by molar-refractivity contribution is 9.10. The number of hydrogen-bond acceptors (Lipinski definition) is 4. The number of hydrogen-bond donors (Lipinski definition) is 1. The van der Waals surface area contributed by atoms with Gasteiger partial charge >= 0.3 is 0 Å². The summed E-state index contributed by atoms with van der Waals surface area (Å²) in [6, 6.07) is 7.45. The summed E-state index contributed by atoms with van der Waals surface area (Å²) in [6.45, 7) is 2.27. The Morgan fingerprint density at radius 2 is 2.29 bits per heavy atom. The molecule has 1 atom stereocenters. The fourth-order valence-corrected chi connectivity index (χ4v) is 1.85. The van der Waals surface area contributed by atoms with Gasteiger partial charge in [0.1, 0.15) is 12.4 Å². The van der Waals surface area contributed by atoms with E-state index in [2.05, 4.69) is 21.1 Å². The van der Waals surface area contributed by atoms with Crippen molar-refractivity contribution in [3.8, 4) is 5.75 Å². The van der Waals surface area contributed by atoms with E-state index in [-0.39, 0.29) is 6.04 Å². The van der Waals surface area contributed by atoms with Crippen LogP contribution in [0.25, 0.3) is 0 Å². The molecule has 2 rings (SSSR count). The summed E-state index contributed by atoms with van der Waals surface area (Å²) in [5.41, 5.74) is 6.85. The summed E-state index contributed by atoms with van der Waals surface area (Å²) in [4.78, 5) is 0. The van der Waals surface area contributed by atoms with Crippen molar-refractivity contribution in [3.05, 3.63) is 46.3 Å². The zero-order valence-electron chi connectivity index (χ0n) is 9.39. The topological polar surface area (TPSA) is 61.3 Å². The summed E-state index contributed by atoms with van der Waals surface area (Å²) in [5, 5.41) is 3.62. The molecule has 1 aromatic heterocycles. The Hall–Kier alpha value is -1.33. The van der Waals surface area contributed by atoms with Gasteiger partial charge in [-0.15, -0.1) is 0 Å². The van der Waals surface area contributed by atoms with Crippen LogP contribution in [0.15, 0.2) is 39.5 Å². The molecule has 0 aliphatic carbocycles. The molecule has 2 aromatic rings. The van der Waals surface area contributed by atoms with Crippen LogP contribution < -0.4 is 10.5 Å².